The van der Waals surface area contributed by atoms with Crippen molar-refractivity contribution in [3.63, 3.8) is 0 Å². The molecule has 4 nitrogen and oxygen atoms in total. The van der Waals surface area contributed by atoms with Gasteiger partial charge in [-0.3, -0.25) is 4.99 Å². The number of rotatable bonds is 8. The predicted octanol–water partition coefficient (Wildman–Crippen LogP) is 3.49. The minimum atomic E-state index is -2.79. The zero-order valence-corrected chi connectivity index (χ0v) is 13.8. The van der Waals surface area contributed by atoms with Crippen LogP contribution in [0.5, 0.6) is 5.75 Å². The van der Waals surface area contributed by atoms with Gasteiger partial charge in [-0.1, -0.05) is 25.0 Å². The predicted molar refractivity (Wildman–Crippen MR) is 87.9 cm³/mol. The van der Waals surface area contributed by atoms with Crippen LogP contribution < -0.4 is 10.1 Å². The van der Waals surface area contributed by atoms with E-state index in [4.69, 9.17) is 0 Å². The van der Waals surface area contributed by atoms with Gasteiger partial charge < -0.3 is 15.0 Å². The van der Waals surface area contributed by atoms with Crippen molar-refractivity contribution in [2.24, 2.45) is 10.9 Å². The molecule has 1 saturated carbocycles. The Bertz CT molecular complexity index is 501. The van der Waals surface area contributed by atoms with Crippen LogP contribution in [0.2, 0.25) is 0 Å². The maximum Gasteiger partial charge on any atom is 0.387 e. The summed E-state index contributed by atoms with van der Waals surface area (Å²) in [5, 5.41) is 3.36. The number of aliphatic imine (C=N–C) groups is 1. The quantitative estimate of drug-likeness (QED) is 0.452. The third-order valence-electron chi connectivity index (χ3n) is 3.91. The number of nitrogens with one attached hydrogen (secondary N) is 1. The Morgan fingerprint density at radius 1 is 1.35 bits per heavy atom. The molecule has 1 fully saturated rings. The Kier molecular flexibility index (Phi) is 6.62. The molecule has 0 aliphatic heterocycles. The molecule has 1 aliphatic rings. The largest absolute Gasteiger partial charge is 0.435 e. The van der Waals surface area contributed by atoms with Crippen molar-refractivity contribution in [2.75, 3.05) is 20.6 Å². The molecule has 0 spiro atoms. The number of nitrogens with zero attached hydrogens (tertiary/aromatic N) is 2. The van der Waals surface area contributed by atoms with E-state index in [9.17, 15) is 8.78 Å². The Morgan fingerprint density at radius 3 is 2.61 bits per heavy atom. The fourth-order valence-corrected chi connectivity index (χ4v) is 2.51. The van der Waals surface area contributed by atoms with E-state index >= 15 is 0 Å². The first-order chi connectivity index (χ1) is 11.1. The molecule has 1 aromatic rings. The van der Waals surface area contributed by atoms with E-state index in [2.05, 4.69) is 15.0 Å². The average molecular weight is 325 g/mol. The fourth-order valence-electron chi connectivity index (χ4n) is 2.51. The van der Waals surface area contributed by atoms with Gasteiger partial charge in [-0.05, 0) is 36.5 Å². The minimum absolute atomic E-state index is 0.175. The molecular weight excluding hydrogens is 300 g/mol. The summed E-state index contributed by atoms with van der Waals surface area (Å²) < 4.78 is 28.6. The van der Waals surface area contributed by atoms with Crippen LogP contribution in [-0.2, 0) is 6.54 Å². The van der Waals surface area contributed by atoms with Gasteiger partial charge in [0, 0.05) is 27.2 Å². The first-order valence-corrected chi connectivity index (χ1v) is 8.04. The molecule has 0 atom stereocenters. The third-order valence-corrected chi connectivity index (χ3v) is 3.91. The summed E-state index contributed by atoms with van der Waals surface area (Å²) in [7, 11) is 3.72. The maximum atomic E-state index is 12.1. The fraction of sp³-hybridized carbons (Fsp3) is 0.588. The second kappa shape index (κ2) is 8.70. The summed E-state index contributed by atoms with van der Waals surface area (Å²) in [6.07, 6.45) is 5.23. The van der Waals surface area contributed by atoms with Crippen LogP contribution in [0.25, 0.3) is 0 Å². The smallest absolute Gasteiger partial charge is 0.387 e. The van der Waals surface area contributed by atoms with E-state index < -0.39 is 6.61 Å². The summed E-state index contributed by atoms with van der Waals surface area (Å²) in [6, 6.07) is 6.69. The Labute approximate surface area is 136 Å². The molecule has 128 valence electrons. The van der Waals surface area contributed by atoms with Crippen molar-refractivity contribution in [1.82, 2.24) is 10.2 Å². The normalized spacial score (nSPS) is 14.9. The molecule has 1 N–H and O–H groups in total. The highest BCUT2D eigenvalue weighted by Crippen LogP contribution is 2.33. The lowest BCUT2D eigenvalue weighted by Gasteiger charge is -2.22. The highest BCUT2D eigenvalue weighted by Gasteiger charge is 2.20. The van der Waals surface area contributed by atoms with Crippen LogP contribution in [-0.4, -0.2) is 38.1 Å². The number of ether oxygens (including phenoxy) is 1. The average Bonchev–Trinajstić information content (AvgIpc) is 3.33. The Balaban J connectivity index is 1.77. The lowest BCUT2D eigenvalue weighted by Crippen LogP contribution is -2.38. The molecule has 0 heterocycles. The van der Waals surface area contributed by atoms with Gasteiger partial charge >= 0.3 is 6.61 Å². The molecule has 6 heteroatoms. The molecule has 1 aliphatic carbocycles. The van der Waals surface area contributed by atoms with E-state index in [1.165, 1.54) is 19.3 Å². The molecule has 0 aromatic heterocycles. The van der Waals surface area contributed by atoms with Crippen LogP contribution in [0.4, 0.5) is 8.78 Å². The first-order valence-electron chi connectivity index (χ1n) is 8.04. The highest BCUT2D eigenvalue weighted by atomic mass is 19.3. The highest BCUT2D eigenvalue weighted by molar-refractivity contribution is 5.79. The van der Waals surface area contributed by atoms with Crippen LogP contribution in [0.15, 0.2) is 29.3 Å². The number of hydrogen-bond donors (Lipinski definition) is 1. The summed E-state index contributed by atoms with van der Waals surface area (Å²) >= 11 is 0. The van der Waals surface area contributed by atoms with Crippen molar-refractivity contribution < 1.29 is 13.5 Å². The van der Waals surface area contributed by atoms with Crippen LogP contribution in [0.3, 0.4) is 0 Å². The molecule has 0 bridgehead atoms. The zero-order chi connectivity index (χ0) is 16.7. The first kappa shape index (κ1) is 17.5. The summed E-state index contributed by atoms with van der Waals surface area (Å²) in [6.45, 7) is -1.21. The standard InChI is InChI=1S/C17H25F2N3O/c1-20-17(21-11-3-4-13-5-6-13)22(2)12-14-7-9-15(10-8-14)23-16(18)19/h7-10,13,16H,3-6,11-12H2,1-2H3,(H,20,21). The molecule has 0 amide bonds. The van der Waals surface area contributed by atoms with Crippen molar-refractivity contribution in [1.29, 1.82) is 0 Å². The van der Waals surface area contributed by atoms with Gasteiger partial charge in [0.15, 0.2) is 5.96 Å². The molecule has 2 rings (SSSR count). The van der Waals surface area contributed by atoms with Gasteiger partial charge in [-0.25, -0.2) is 0 Å². The van der Waals surface area contributed by atoms with E-state index in [0.29, 0.717) is 6.54 Å². The molecule has 1 aromatic carbocycles. The number of benzene rings is 1. The number of alkyl halides is 2. The van der Waals surface area contributed by atoms with Crippen molar-refractivity contribution >= 4 is 5.96 Å². The van der Waals surface area contributed by atoms with Gasteiger partial charge in [-0.15, -0.1) is 0 Å². The second-order valence-electron chi connectivity index (χ2n) is 5.94. The van der Waals surface area contributed by atoms with E-state index in [-0.39, 0.29) is 5.75 Å². The monoisotopic (exact) mass is 325 g/mol. The molecule has 0 saturated heterocycles. The van der Waals surface area contributed by atoms with Gasteiger partial charge in [0.25, 0.3) is 0 Å². The SMILES string of the molecule is CN=C(NCCCC1CC1)N(C)Cc1ccc(OC(F)F)cc1. The molecular formula is C17H25F2N3O. The number of hydrogen-bond acceptors (Lipinski definition) is 2. The van der Waals surface area contributed by atoms with Crippen molar-refractivity contribution in [3.8, 4) is 5.75 Å². The molecule has 0 radical (unpaired) electrons. The van der Waals surface area contributed by atoms with Crippen LogP contribution in [0, 0.1) is 5.92 Å². The van der Waals surface area contributed by atoms with E-state index in [0.717, 1.165) is 30.4 Å². The Morgan fingerprint density at radius 2 is 2.04 bits per heavy atom. The van der Waals surface area contributed by atoms with Crippen molar-refractivity contribution in [3.05, 3.63) is 29.8 Å². The molecule has 23 heavy (non-hydrogen) atoms. The topological polar surface area (TPSA) is 36.9 Å². The second-order valence-corrected chi connectivity index (χ2v) is 5.94. The Hall–Kier alpha value is -1.85. The van der Waals surface area contributed by atoms with Gasteiger partial charge in [-0.2, -0.15) is 8.78 Å². The summed E-state index contributed by atoms with van der Waals surface area (Å²) in [4.78, 5) is 6.29. The van der Waals surface area contributed by atoms with Gasteiger partial charge in [0.1, 0.15) is 5.75 Å². The van der Waals surface area contributed by atoms with Gasteiger partial charge in [0.05, 0.1) is 0 Å². The summed E-state index contributed by atoms with van der Waals surface area (Å²) in [5.74, 6) is 1.97. The summed E-state index contributed by atoms with van der Waals surface area (Å²) in [5.41, 5.74) is 1.01. The zero-order valence-electron chi connectivity index (χ0n) is 13.8. The van der Waals surface area contributed by atoms with E-state index in [1.54, 1.807) is 31.3 Å². The minimum Gasteiger partial charge on any atom is -0.435 e. The van der Waals surface area contributed by atoms with Crippen LogP contribution in [0.1, 0.15) is 31.2 Å². The number of guanidine groups is 1. The third kappa shape index (κ3) is 6.42. The maximum absolute atomic E-state index is 12.1. The van der Waals surface area contributed by atoms with Gasteiger partial charge in [0.2, 0.25) is 0 Å². The molecule has 0 unspecified atom stereocenters. The van der Waals surface area contributed by atoms with Crippen molar-refractivity contribution in [2.45, 2.75) is 38.8 Å². The lowest BCUT2D eigenvalue weighted by molar-refractivity contribution is -0.0498. The van der Waals surface area contributed by atoms with Crippen LogP contribution >= 0.6 is 0 Å². The number of halogens is 2. The lowest BCUT2D eigenvalue weighted by atomic mass is 10.2. The van der Waals surface area contributed by atoms with E-state index in [1.807, 2.05) is 11.9 Å².